The largest absolute Gasteiger partial charge is 0.392 e. The highest BCUT2D eigenvalue weighted by molar-refractivity contribution is 5.28. The molecule has 0 radical (unpaired) electrons. The lowest BCUT2D eigenvalue weighted by Crippen LogP contribution is -2.11. The van der Waals surface area contributed by atoms with E-state index in [0.29, 0.717) is 5.56 Å². The summed E-state index contributed by atoms with van der Waals surface area (Å²) in [5.41, 5.74) is 1.75. The molecule has 1 nitrogen and oxygen atoms in total. The molecule has 1 saturated carbocycles. The molecule has 2 rings (SSSR count). The summed E-state index contributed by atoms with van der Waals surface area (Å²) >= 11 is 0. The molecular formula is C12H15FO. The molecule has 1 aromatic carbocycles. The van der Waals surface area contributed by atoms with Crippen LogP contribution in [0.15, 0.2) is 18.2 Å². The maximum atomic E-state index is 13.0. The van der Waals surface area contributed by atoms with Crippen molar-refractivity contribution in [2.45, 2.75) is 38.2 Å². The number of hydrogen-bond acceptors (Lipinski definition) is 1. The number of benzene rings is 1. The van der Waals surface area contributed by atoms with Crippen LogP contribution in [0.4, 0.5) is 4.39 Å². The lowest BCUT2D eigenvalue weighted by atomic mass is 9.94. The van der Waals surface area contributed by atoms with Crippen LogP contribution >= 0.6 is 0 Å². The maximum Gasteiger partial charge on any atom is 0.126 e. The van der Waals surface area contributed by atoms with Gasteiger partial charge in [0, 0.05) is 5.92 Å². The Balaban J connectivity index is 2.28. The van der Waals surface area contributed by atoms with Gasteiger partial charge in [-0.2, -0.15) is 0 Å². The van der Waals surface area contributed by atoms with Crippen LogP contribution in [-0.4, -0.2) is 11.2 Å². The van der Waals surface area contributed by atoms with Crippen LogP contribution in [0.1, 0.15) is 36.3 Å². The van der Waals surface area contributed by atoms with E-state index in [1.165, 1.54) is 6.07 Å². The molecule has 0 spiro atoms. The van der Waals surface area contributed by atoms with E-state index in [-0.39, 0.29) is 17.8 Å². The first-order valence-electron chi connectivity index (χ1n) is 5.12. The predicted octanol–water partition coefficient (Wildman–Crippen LogP) is 2.76. The van der Waals surface area contributed by atoms with Crippen LogP contribution in [0.2, 0.25) is 0 Å². The zero-order chi connectivity index (χ0) is 10.1. The molecule has 1 aliphatic carbocycles. The average Bonchev–Trinajstić information content (AvgIpc) is 2.57. The first-order valence-corrected chi connectivity index (χ1v) is 5.12. The molecule has 0 saturated heterocycles. The minimum Gasteiger partial charge on any atom is -0.392 e. The zero-order valence-electron chi connectivity index (χ0n) is 8.33. The van der Waals surface area contributed by atoms with Gasteiger partial charge in [-0.3, -0.25) is 0 Å². The third-order valence-corrected chi connectivity index (χ3v) is 3.09. The molecule has 0 heterocycles. The van der Waals surface area contributed by atoms with Crippen molar-refractivity contribution in [3.63, 3.8) is 0 Å². The number of hydrogen-bond donors (Lipinski definition) is 1. The molecule has 0 amide bonds. The summed E-state index contributed by atoms with van der Waals surface area (Å²) < 4.78 is 13.0. The van der Waals surface area contributed by atoms with Gasteiger partial charge >= 0.3 is 0 Å². The molecule has 76 valence electrons. The smallest absolute Gasteiger partial charge is 0.126 e. The van der Waals surface area contributed by atoms with Crippen LogP contribution < -0.4 is 0 Å². The Labute approximate surface area is 83.6 Å². The molecule has 1 aromatic rings. The van der Waals surface area contributed by atoms with Crippen LogP contribution in [0.5, 0.6) is 0 Å². The predicted molar refractivity (Wildman–Crippen MR) is 53.7 cm³/mol. The van der Waals surface area contributed by atoms with Gasteiger partial charge in [-0.15, -0.1) is 0 Å². The lowest BCUT2D eigenvalue weighted by molar-refractivity contribution is 0.164. The van der Waals surface area contributed by atoms with Crippen molar-refractivity contribution in [2.75, 3.05) is 0 Å². The van der Waals surface area contributed by atoms with Crippen LogP contribution in [0, 0.1) is 12.7 Å². The number of aliphatic hydroxyl groups is 1. The summed E-state index contributed by atoms with van der Waals surface area (Å²) in [5.74, 6) is 0.0514. The van der Waals surface area contributed by atoms with Gasteiger partial charge in [-0.25, -0.2) is 4.39 Å². The third-order valence-electron chi connectivity index (χ3n) is 3.09. The van der Waals surface area contributed by atoms with Gasteiger partial charge < -0.3 is 5.11 Å². The van der Waals surface area contributed by atoms with Crippen LogP contribution in [0.25, 0.3) is 0 Å². The van der Waals surface area contributed by atoms with Gasteiger partial charge in [-0.05, 0) is 37.0 Å². The number of halogens is 1. The van der Waals surface area contributed by atoms with E-state index in [1.54, 1.807) is 13.0 Å². The Morgan fingerprint density at radius 1 is 1.36 bits per heavy atom. The minimum atomic E-state index is -0.236. The summed E-state index contributed by atoms with van der Waals surface area (Å²) in [4.78, 5) is 0. The summed E-state index contributed by atoms with van der Waals surface area (Å²) in [7, 11) is 0. The molecule has 0 aromatic heterocycles. The SMILES string of the molecule is Cc1cc([C@@H]2CCC[C@@H]2O)ccc1F. The lowest BCUT2D eigenvalue weighted by Gasteiger charge is -2.15. The number of aryl methyl sites for hydroxylation is 1. The average molecular weight is 194 g/mol. The highest BCUT2D eigenvalue weighted by Crippen LogP contribution is 2.34. The summed E-state index contributed by atoms with van der Waals surface area (Å²) in [6.07, 6.45) is 2.73. The van der Waals surface area contributed by atoms with Crippen molar-refractivity contribution < 1.29 is 9.50 Å². The number of aliphatic hydroxyl groups excluding tert-OH is 1. The second-order valence-corrected chi connectivity index (χ2v) is 4.11. The van der Waals surface area contributed by atoms with E-state index in [9.17, 15) is 9.50 Å². The topological polar surface area (TPSA) is 20.2 Å². The number of rotatable bonds is 1. The van der Waals surface area contributed by atoms with E-state index in [2.05, 4.69) is 0 Å². The van der Waals surface area contributed by atoms with Crippen LogP contribution in [0.3, 0.4) is 0 Å². The Hall–Kier alpha value is -0.890. The van der Waals surface area contributed by atoms with Crippen LogP contribution in [-0.2, 0) is 0 Å². The van der Waals surface area contributed by atoms with Crippen molar-refractivity contribution in [1.29, 1.82) is 0 Å². The standard InChI is InChI=1S/C12H15FO/c1-8-7-9(5-6-11(8)13)10-3-2-4-12(10)14/h5-7,10,12,14H,2-4H2,1H3/t10-,12-/m0/s1. The highest BCUT2D eigenvalue weighted by Gasteiger charge is 2.26. The fourth-order valence-corrected chi connectivity index (χ4v) is 2.23. The molecule has 14 heavy (non-hydrogen) atoms. The van der Waals surface area contributed by atoms with Crippen molar-refractivity contribution in [3.05, 3.63) is 35.1 Å². The van der Waals surface area contributed by atoms with E-state index in [0.717, 1.165) is 24.8 Å². The molecule has 2 heteroatoms. The molecule has 0 bridgehead atoms. The van der Waals surface area contributed by atoms with Crippen molar-refractivity contribution in [1.82, 2.24) is 0 Å². The third kappa shape index (κ3) is 1.67. The molecule has 0 aliphatic heterocycles. The van der Waals surface area contributed by atoms with Gasteiger partial charge in [0.25, 0.3) is 0 Å². The van der Waals surface area contributed by atoms with Crippen molar-refractivity contribution >= 4 is 0 Å². The molecule has 1 aliphatic rings. The van der Waals surface area contributed by atoms with Gasteiger partial charge in [0.05, 0.1) is 6.10 Å². The molecule has 1 N–H and O–H groups in total. The maximum absolute atomic E-state index is 13.0. The van der Waals surface area contributed by atoms with Gasteiger partial charge in [0.2, 0.25) is 0 Å². The van der Waals surface area contributed by atoms with E-state index in [4.69, 9.17) is 0 Å². The Kier molecular flexibility index (Phi) is 2.55. The first-order chi connectivity index (χ1) is 6.68. The summed E-state index contributed by atoms with van der Waals surface area (Å²) in [5, 5.41) is 9.71. The second kappa shape index (κ2) is 3.70. The normalized spacial score (nSPS) is 26.8. The monoisotopic (exact) mass is 194 g/mol. The fraction of sp³-hybridized carbons (Fsp3) is 0.500. The van der Waals surface area contributed by atoms with E-state index >= 15 is 0 Å². The Bertz CT molecular complexity index is 335. The Morgan fingerprint density at radius 3 is 2.71 bits per heavy atom. The summed E-state index contributed by atoms with van der Waals surface area (Å²) in [6.45, 7) is 1.76. The highest BCUT2D eigenvalue weighted by atomic mass is 19.1. The van der Waals surface area contributed by atoms with Gasteiger partial charge in [0.1, 0.15) is 5.82 Å². The minimum absolute atomic E-state index is 0.166. The van der Waals surface area contributed by atoms with Crippen molar-refractivity contribution in [3.8, 4) is 0 Å². The first kappa shape index (κ1) is 9.66. The summed E-state index contributed by atoms with van der Waals surface area (Å²) in [6, 6.07) is 5.14. The van der Waals surface area contributed by atoms with E-state index < -0.39 is 0 Å². The van der Waals surface area contributed by atoms with Gasteiger partial charge in [0.15, 0.2) is 0 Å². The molecule has 1 fully saturated rings. The van der Waals surface area contributed by atoms with Crippen molar-refractivity contribution in [2.24, 2.45) is 0 Å². The fourth-order valence-electron chi connectivity index (χ4n) is 2.23. The quantitative estimate of drug-likeness (QED) is 0.728. The molecule has 2 atom stereocenters. The molecule has 0 unspecified atom stereocenters. The van der Waals surface area contributed by atoms with Gasteiger partial charge in [-0.1, -0.05) is 18.6 Å². The van der Waals surface area contributed by atoms with E-state index in [1.807, 2.05) is 6.07 Å². The second-order valence-electron chi connectivity index (χ2n) is 4.11. The molecular weight excluding hydrogens is 179 g/mol. The zero-order valence-corrected chi connectivity index (χ0v) is 8.33. The Morgan fingerprint density at radius 2 is 2.14 bits per heavy atom.